The van der Waals surface area contributed by atoms with Crippen molar-refractivity contribution in [3.05, 3.63) is 66.2 Å². The van der Waals surface area contributed by atoms with Crippen LogP contribution in [0.3, 0.4) is 0 Å². The topological polar surface area (TPSA) is 98.2 Å². The lowest BCUT2D eigenvalue weighted by molar-refractivity contribution is 0.0697. The minimum absolute atomic E-state index is 0.192. The lowest BCUT2D eigenvalue weighted by Gasteiger charge is -2.01. The lowest BCUT2D eigenvalue weighted by atomic mass is 10.1. The van der Waals surface area contributed by atoms with Crippen molar-refractivity contribution in [3.8, 4) is 11.3 Å². The van der Waals surface area contributed by atoms with E-state index in [0.29, 0.717) is 23.6 Å². The minimum atomic E-state index is -0.997. The number of fused-ring (bicyclic) bond motifs is 1. The summed E-state index contributed by atoms with van der Waals surface area (Å²) in [7, 11) is 0. The number of carboxylic acid groups (broad SMARTS) is 1. The van der Waals surface area contributed by atoms with Crippen LogP contribution < -0.4 is 0 Å². The molecule has 8 heteroatoms. The Morgan fingerprint density at radius 2 is 1.88 bits per heavy atom. The van der Waals surface area contributed by atoms with E-state index in [1.54, 1.807) is 35.1 Å². The van der Waals surface area contributed by atoms with Gasteiger partial charge in [0.2, 0.25) is 0 Å². The fourth-order valence-electron chi connectivity index (χ4n) is 2.54. The van der Waals surface area contributed by atoms with E-state index < -0.39 is 5.97 Å². The van der Waals surface area contributed by atoms with Crippen molar-refractivity contribution in [3.63, 3.8) is 0 Å². The zero-order chi connectivity index (χ0) is 16.5. The van der Waals surface area contributed by atoms with Gasteiger partial charge in [-0.3, -0.25) is 4.40 Å². The second kappa shape index (κ2) is 5.58. The molecule has 0 aliphatic carbocycles. The molecule has 0 spiro atoms. The van der Waals surface area contributed by atoms with E-state index in [1.165, 1.54) is 0 Å². The molecule has 1 aromatic carbocycles. The Bertz CT molecular complexity index is 1040. The molecule has 1 N–H and O–H groups in total. The molecule has 0 atom stereocenters. The van der Waals surface area contributed by atoms with E-state index in [4.69, 9.17) is 0 Å². The Morgan fingerprint density at radius 1 is 1.04 bits per heavy atom. The van der Waals surface area contributed by atoms with Crippen LogP contribution in [0.1, 0.15) is 16.2 Å². The van der Waals surface area contributed by atoms with Gasteiger partial charge in [-0.05, 0) is 18.2 Å². The van der Waals surface area contributed by atoms with Crippen molar-refractivity contribution in [1.29, 1.82) is 0 Å². The molecule has 24 heavy (non-hydrogen) atoms. The quantitative estimate of drug-likeness (QED) is 0.615. The van der Waals surface area contributed by atoms with Crippen LogP contribution in [0.5, 0.6) is 0 Å². The first-order valence-corrected chi connectivity index (χ1v) is 7.24. The highest BCUT2D eigenvalue weighted by molar-refractivity contribution is 5.95. The van der Waals surface area contributed by atoms with E-state index in [0.717, 1.165) is 5.65 Å². The maximum Gasteiger partial charge on any atom is 0.336 e. The third kappa shape index (κ3) is 2.39. The van der Waals surface area contributed by atoms with Gasteiger partial charge in [0.25, 0.3) is 0 Å². The molecule has 3 heterocycles. The molecule has 8 nitrogen and oxygen atoms in total. The molecule has 0 aliphatic heterocycles. The SMILES string of the molecule is O=C(O)c1ccccc1-c1cn(Cc2nnc3ccccn23)nn1. The molecule has 0 bridgehead atoms. The number of rotatable bonds is 4. The normalized spacial score (nSPS) is 11.0. The Kier molecular flexibility index (Phi) is 3.27. The van der Waals surface area contributed by atoms with Crippen LogP contribution in [-0.4, -0.2) is 40.7 Å². The summed E-state index contributed by atoms with van der Waals surface area (Å²) in [5.74, 6) is -0.280. The zero-order valence-corrected chi connectivity index (χ0v) is 12.4. The fourth-order valence-corrected chi connectivity index (χ4v) is 2.54. The van der Waals surface area contributed by atoms with Crippen molar-refractivity contribution in [1.82, 2.24) is 29.6 Å². The molecular formula is C16H12N6O2. The molecule has 4 aromatic rings. The van der Waals surface area contributed by atoms with Gasteiger partial charge in [-0.25, -0.2) is 9.48 Å². The molecular weight excluding hydrogens is 308 g/mol. The number of nitrogens with zero attached hydrogens (tertiary/aromatic N) is 6. The summed E-state index contributed by atoms with van der Waals surface area (Å²) in [6.07, 6.45) is 3.58. The van der Waals surface area contributed by atoms with Crippen molar-refractivity contribution in [2.24, 2.45) is 0 Å². The number of pyridine rings is 1. The maximum atomic E-state index is 11.3. The third-order valence-electron chi connectivity index (χ3n) is 3.66. The van der Waals surface area contributed by atoms with Crippen LogP contribution in [0, 0.1) is 0 Å². The summed E-state index contributed by atoms with van der Waals surface area (Å²) in [6, 6.07) is 12.4. The predicted molar refractivity (Wildman–Crippen MR) is 84.5 cm³/mol. The molecule has 0 unspecified atom stereocenters. The van der Waals surface area contributed by atoms with Gasteiger partial charge in [-0.15, -0.1) is 15.3 Å². The number of benzene rings is 1. The van der Waals surface area contributed by atoms with Crippen LogP contribution >= 0.6 is 0 Å². The number of aromatic nitrogens is 6. The average Bonchev–Trinajstić information content (AvgIpc) is 3.23. The summed E-state index contributed by atoms with van der Waals surface area (Å²) in [5.41, 5.74) is 1.98. The van der Waals surface area contributed by atoms with Gasteiger partial charge in [-0.1, -0.05) is 29.5 Å². The van der Waals surface area contributed by atoms with Crippen LogP contribution in [-0.2, 0) is 6.54 Å². The largest absolute Gasteiger partial charge is 0.478 e. The van der Waals surface area contributed by atoms with Gasteiger partial charge in [0, 0.05) is 11.8 Å². The number of hydrogen-bond donors (Lipinski definition) is 1. The number of aromatic carboxylic acids is 1. The van der Waals surface area contributed by atoms with Crippen LogP contribution in [0.25, 0.3) is 16.9 Å². The van der Waals surface area contributed by atoms with Crippen LogP contribution in [0.4, 0.5) is 0 Å². The zero-order valence-electron chi connectivity index (χ0n) is 12.4. The summed E-state index contributed by atoms with van der Waals surface area (Å²) < 4.78 is 3.48. The Hall–Kier alpha value is -3.55. The van der Waals surface area contributed by atoms with Gasteiger partial charge < -0.3 is 5.11 Å². The first-order chi connectivity index (χ1) is 11.7. The summed E-state index contributed by atoms with van der Waals surface area (Å²) in [4.78, 5) is 11.3. The molecule has 0 radical (unpaired) electrons. The Morgan fingerprint density at radius 3 is 2.75 bits per heavy atom. The average molecular weight is 320 g/mol. The minimum Gasteiger partial charge on any atom is -0.478 e. The fraction of sp³-hybridized carbons (Fsp3) is 0.0625. The van der Waals surface area contributed by atoms with Crippen molar-refractivity contribution in [2.75, 3.05) is 0 Å². The number of carbonyl (C=O) groups is 1. The summed E-state index contributed by atoms with van der Waals surface area (Å²) >= 11 is 0. The molecule has 0 amide bonds. The first kappa shape index (κ1) is 14.1. The van der Waals surface area contributed by atoms with Crippen LogP contribution in [0.15, 0.2) is 54.9 Å². The van der Waals surface area contributed by atoms with Crippen molar-refractivity contribution >= 4 is 11.6 Å². The number of hydrogen-bond acceptors (Lipinski definition) is 5. The summed E-state index contributed by atoms with van der Waals surface area (Å²) in [5, 5.41) is 25.7. The highest BCUT2D eigenvalue weighted by atomic mass is 16.4. The van der Waals surface area contributed by atoms with Crippen LogP contribution in [0.2, 0.25) is 0 Å². The van der Waals surface area contributed by atoms with E-state index in [1.807, 2.05) is 28.8 Å². The molecule has 4 rings (SSSR count). The second-order valence-corrected chi connectivity index (χ2v) is 5.20. The maximum absolute atomic E-state index is 11.3. The highest BCUT2D eigenvalue weighted by Crippen LogP contribution is 2.21. The predicted octanol–water partition coefficient (Wildman–Crippen LogP) is 1.73. The van der Waals surface area contributed by atoms with Gasteiger partial charge in [0.05, 0.1) is 11.8 Å². The third-order valence-corrected chi connectivity index (χ3v) is 3.66. The second-order valence-electron chi connectivity index (χ2n) is 5.20. The smallest absolute Gasteiger partial charge is 0.336 e. The molecule has 0 saturated carbocycles. The Labute approximate surface area is 136 Å². The van der Waals surface area contributed by atoms with Gasteiger partial charge in [-0.2, -0.15) is 0 Å². The van der Waals surface area contributed by atoms with Gasteiger partial charge in [0.15, 0.2) is 11.5 Å². The molecule has 3 aromatic heterocycles. The highest BCUT2D eigenvalue weighted by Gasteiger charge is 2.14. The monoisotopic (exact) mass is 320 g/mol. The van der Waals surface area contributed by atoms with E-state index in [2.05, 4.69) is 20.5 Å². The van der Waals surface area contributed by atoms with Gasteiger partial charge in [0.1, 0.15) is 12.2 Å². The van der Waals surface area contributed by atoms with E-state index in [-0.39, 0.29) is 5.56 Å². The van der Waals surface area contributed by atoms with Crippen molar-refractivity contribution < 1.29 is 9.90 Å². The number of carboxylic acids is 1. The summed E-state index contributed by atoms with van der Waals surface area (Å²) in [6.45, 7) is 0.382. The standard InChI is InChI=1S/C16H12N6O2/c23-16(24)12-6-2-1-5-11(12)13-9-21(20-17-13)10-15-19-18-14-7-3-4-8-22(14)15/h1-9H,10H2,(H,23,24). The lowest BCUT2D eigenvalue weighted by Crippen LogP contribution is -2.04. The van der Waals surface area contributed by atoms with E-state index in [9.17, 15) is 9.90 Å². The molecule has 0 aliphatic rings. The van der Waals surface area contributed by atoms with Gasteiger partial charge >= 0.3 is 5.97 Å². The van der Waals surface area contributed by atoms with E-state index >= 15 is 0 Å². The van der Waals surface area contributed by atoms with Crippen molar-refractivity contribution in [2.45, 2.75) is 6.54 Å². The molecule has 0 saturated heterocycles. The first-order valence-electron chi connectivity index (χ1n) is 7.24. The molecule has 118 valence electrons. The Balaban J connectivity index is 1.67. The molecule has 0 fully saturated rings.